The monoisotopic (exact) mass is 400 g/mol. The number of rotatable bonds is 8. The summed E-state index contributed by atoms with van der Waals surface area (Å²) in [5.41, 5.74) is 1.44. The molecule has 28 heavy (non-hydrogen) atoms. The van der Waals surface area contributed by atoms with E-state index in [1.54, 1.807) is 31.4 Å². The number of hydrogen-bond donors (Lipinski definition) is 0. The average molecular weight is 401 g/mol. The highest BCUT2D eigenvalue weighted by atomic mass is 32.1. The van der Waals surface area contributed by atoms with Crippen molar-refractivity contribution in [2.45, 2.75) is 20.4 Å². The molecule has 0 bridgehead atoms. The topological polar surface area (TPSA) is 62.1 Å². The standard InChI is InChI=1S/C21H24N2O4S/c1-4-26-14-13-23-19-17(25-3)7-6-8-18(19)28-21(23)22-20(24)15-9-11-16(12-10-15)27-5-2/h6-12H,4-5,13-14H2,1-3H3. The summed E-state index contributed by atoms with van der Waals surface area (Å²) >= 11 is 1.46. The van der Waals surface area contributed by atoms with E-state index in [0.29, 0.717) is 36.7 Å². The smallest absolute Gasteiger partial charge is 0.279 e. The molecule has 6 nitrogen and oxygen atoms in total. The Morgan fingerprint density at radius 2 is 1.89 bits per heavy atom. The third kappa shape index (κ3) is 4.43. The van der Waals surface area contributed by atoms with Gasteiger partial charge in [-0.2, -0.15) is 4.99 Å². The molecule has 1 aromatic heterocycles. The number of methoxy groups -OCH3 is 1. The largest absolute Gasteiger partial charge is 0.495 e. The van der Waals surface area contributed by atoms with Crippen molar-refractivity contribution in [3.63, 3.8) is 0 Å². The summed E-state index contributed by atoms with van der Waals surface area (Å²) in [5, 5.41) is 0. The van der Waals surface area contributed by atoms with E-state index in [1.807, 2.05) is 36.6 Å². The van der Waals surface area contributed by atoms with Crippen molar-refractivity contribution in [2.75, 3.05) is 26.9 Å². The van der Waals surface area contributed by atoms with Crippen molar-refractivity contribution in [3.8, 4) is 11.5 Å². The molecule has 3 aromatic rings. The van der Waals surface area contributed by atoms with Crippen LogP contribution in [0.3, 0.4) is 0 Å². The fourth-order valence-electron chi connectivity index (χ4n) is 2.87. The number of amides is 1. The highest BCUT2D eigenvalue weighted by Gasteiger charge is 2.13. The molecule has 0 atom stereocenters. The van der Waals surface area contributed by atoms with E-state index in [2.05, 4.69) is 4.99 Å². The van der Waals surface area contributed by atoms with E-state index in [-0.39, 0.29) is 5.91 Å². The van der Waals surface area contributed by atoms with Gasteiger partial charge in [-0.3, -0.25) is 4.79 Å². The zero-order valence-electron chi connectivity index (χ0n) is 16.3. The predicted molar refractivity (Wildman–Crippen MR) is 110 cm³/mol. The fourth-order valence-corrected chi connectivity index (χ4v) is 3.94. The number of benzene rings is 2. The van der Waals surface area contributed by atoms with E-state index in [0.717, 1.165) is 21.7 Å². The molecule has 0 fully saturated rings. The minimum absolute atomic E-state index is 0.293. The molecule has 3 rings (SSSR count). The van der Waals surface area contributed by atoms with Crippen LogP contribution in [-0.4, -0.2) is 37.4 Å². The van der Waals surface area contributed by atoms with Crippen LogP contribution in [0, 0.1) is 0 Å². The molecule has 0 saturated heterocycles. The Morgan fingerprint density at radius 3 is 2.57 bits per heavy atom. The lowest BCUT2D eigenvalue weighted by Crippen LogP contribution is -2.20. The first kappa shape index (κ1) is 20.1. The molecule has 0 unspecified atom stereocenters. The molecule has 0 aliphatic heterocycles. The predicted octanol–water partition coefficient (Wildman–Crippen LogP) is 3.89. The number of aromatic nitrogens is 1. The van der Waals surface area contributed by atoms with Crippen LogP contribution in [0.15, 0.2) is 47.5 Å². The van der Waals surface area contributed by atoms with Crippen molar-refractivity contribution in [1.82, 2.24) is 4.57 Å². The Hall–Kier alpha value is -2.64. The van der Waals surface area contributed by atoms with Gasteiger partial charge in [0.1, 0.15) is 17.0 Å². The van der Waals surface area contributed by atoms with Gasteiger partial charge in [0.05, 0.1) is 25.0 Å². The van der Waals surface area contributed by atoms with Gasteiger partial charge in [0.25, 0.3) is 5.91 Å². The second-order valence-corrected chi connectivity index (χ2v) is 6.92. The summed E-state index contributed by atoms with van der Waals surface area (Å²) in [5.74, 6) is 1.19. The summed E-state index contributed by atoms with van der Waals surface area (Å²) < 4.78 is 19.5. The number of carbonyl (C=O) groups excluding carboxylic acids is 1. The maximum Gasteiger partial charge on any atom is 0.279 e. The van der Waals surface area contributed by atoms with Gasteiger partial charge in [-0.05, 0) is 50.2 Å². The van der Waals surface area contributed by atoms with Gasteiger partial charge in [-0.1, -0.05) is 17.4 Å². The summed E-state index contributed by atoms with van der Waals surface area (Å²) in [7, 11) is 1.64. The molecule has 0 N–H and O–H groups in total. The minimum atomic E-state index is -0.293. The average Bonchev–Trinajstić information content (AvgIpc) is 3.06. The first-order chi connectivity index (χ1) is 13.7. The van der Waals surface area contributed by atoms with Gasteiger partial charge >= 0.3 is 0 Å². The molecule has 0 radical (unpaired) electrons. The van der Waals surface area contributed by atoms with Crippen LogP contribution in [0.25, 0.3) is 10.2 Å². The second-order valence-electron chi connectivity index (χ2n) is 5.91. The quantitative estimate of drug-likeness (QED) is 0.538. The molecular formula is C21H24N2O4S. The number of carbonyl (C=O) groups is 1. The fraction of sp³-hybridized carbons (Fsp3) is 0.333. The van der Waals surface area contributed by atoms with Gasteiger partial charge in [0.15, 0.2) is 4.80 Å². The number of hydrogen-bond acceptors (Lipinski definition) is 5. The van der Waals surface area contributed by atoms with Crippen molar-refractivity contribution in [1.29, 1.82) is 0 Å². The van der Waals surface area contributed by atoms with Gasteiger partial charge < -0.3 is 18.8 Å². The van der Waals surface area contributed by atoms with Gasteiger partial charge in [0, 0.05) is 18.7 Å². The Labute approximate surface area is 168 Å². The zero-order chi connectivity index (χ0) is 19.9. The zero-order valence-corrected chi connectivity index (χ0v) is 17.1. The number of fused-ring (bicyclic) bond motifs is 1. The minimum Gasteiger partial charge on any atom is -0.495 e. The number of nitrogens with zero attached hydrogens (tertiary/aromatic N) is 2. The first-order valence-electron chi connectivity index (χ1n) is 9.24. The second kappa shape index (κ2) is 9.52. The Kier molecular flexibility index (Phi) is 6.84. The summed E-state index contributed by atoms with van der Waals surface area (Å²) in [6, 6.07) is 12.9. The molecule has 0 aliphatic carbocycles. The van der Waals surface area contributed by atoms with Gasteiger partial charge in [0.2, 0.25) is 0 Å². The molecule has 0 saturated carbocycles. The molecule has 7 heteroatoms. The van der Waals surface area contributed by atoms with Crippen molar-refractivity contribution < 1.29 is 19.0 Å². The highest BCUT2D eigenvalue weighted by Crippen LogP contribution is 2.27. The Balaban J connectivity index is 2.02. The highest BCUT2D eigenvalue weighted by molar-refractivity contribution is 7.16. The lowest BCUT2D eigenvalue weighted by molar-refractivity contribution is 0.0996. The van der Waals surface area contributed by atoms with E-state index >= 15 is 0 Å². The summed E-state index contributed by atoms with van der Waals surface area (Å²) in [6.45, 7) is 6.22. The number of thiazole rings is 1. The van der Waals surface area contributed by atoms with Crippen LogP contribution in [0.1, 0.15) is 24.2 Å². The lowest BCUT2D eigenvalue weighted by Gasteiger charge is -2.08. The summed E-state index contributed by atoms with van der Waals surface area (Å²) in [4.78, 5) is 17.7. The van der Waals surface area contributed by atoms with E-state index < -0.39 is 0 Å². The van der Waals surface area contributed by atoms with Crippen LogP contribution >= 0.6 is 11.3 Å². The summed E-state index contributed by atoms with van der Waals surface area (Å²) in [6.07, 6.45) is 0. The molecule has 1 heterocycles. The van der Waals surface area contributed by atoms with Crippen LogP contribution in [0.2, 0.25) is 0 Å². The van der Waals surface area contributed by atoms with Gasteiger partial charge in [-0.25, -0.2) is 0 Å². The maximum absolute atomic E-state index is 12.7. The van der Waals surface area contributed by atoms with Crippen LogP contribution in [0.4, 0.5) is 0 Å². The number of para-hydroxylation sites is 1. The third-order valence-electron chi connectivity index (χ3n) is 4.16. The maximum atomic E-state index is 12.7. The van der Waals surface area contributed by atoms with Crippen LogP contribution < -0.4 is 14.3 Å². The molecule has 2 aromatic carbocycles. The molecule has 0 spiro atoms. The third-order valence-corrected chi connectivity index (χ3v) is 5.20. The van der Waals surface area contributed by atoms with Crippen molar-refractivity contribution in [2.24, 2.45) is 4.99 Å². The van der Waals surface area contributed by atoms with Crippen LogP contribution in [0.5, 0.6) is 11.5 Å². The first-order valence-corrected chi connectivity index (χ1v) is 10.1. The van der Waals surface area contributed by atoms with Crippen molar-refractivity contribution in [3.05, 3.63) is 52.8 Å². The van der Waals surface area contributed by atoms with E-state index in [9.17, 15) is 4.79 Å². The molecule has 148 valence electrons. The molecular weight excluding hydrogens is 376 g/mol. The van der Waals surface area contributed by atoms with Gasteiger partial charge in [-0.15, -0.1) is 0 Å². The Morgan fingerprint density at radius 1 is 1.11 bits per heavy atom. The lowest BCUT2D eigenvalue weighted by atomic mass is 10.2. The van der Waals surface area contributed by atoms with E-state index in [4.69, 9.17) is 14.2 Å². The molecule has 0 aliphatic rings. The van der Waals surface area contributed by atoms with Crippen LogP contribution in [-0.2, 0) is 11.3 Å². The SMILES string of the molecule is CCOCCn1c(=NC(=O)c2ccc(OCC)cc2)sc2cccc(OC)c21. The number of ether oxygens (including phenoxy) is 3. The normalized spacial score (nSPS) is 11.8. The Bertz CT molecular complexity index is 1010. The molecule has 1 amide bonds. The van der Waals surface area contributed by atoms with Crippen molar-refractivity contribution >= 4 is 27.5 Å². The van der Waals surface area contributed by atoms with E-state index in [1.165, 1.54) is 11.3 Å².